The summed E-state index contributed by atoms with van der Waals surface area (Å²) in [5, 5.41) is 0. The number of hydrogen-bond donors (Lipinski definition) is 2. The van der Waals surface area contributed by atoms with Gasteiger partial charge in [0.2, 0.25) is 0 Å². The molecule has 0 atom stereocenters. The monoisotopic (exact) mass is 1070 g/mol. The molecule has 10 nitrogen and oxygen atoms in total. The van der Waals surface area contributed by atoms with E-state index < -0.39 is 60.5 Å². The van der Waals surface area contributed by atoms with E-state index in [1.54, 1.807) is 36.4 Å². The molecule has 0 spiro atoms. The first-order chi connectivity index (χ1) is 36.0. The van der Waals surface area contributed by atoms with Crippen molar-refractivity contribution >= 4 is 35.5 Å². The molecule has 0 aliphatic rings. The summed E-state index contributed by atoms with van der Waals surface area (Å²) < 4.78 is 166. The van der Waals surface area contributed by atoms with Crippen LogP contribution in [0.1, 0.15) is 71.9 Å². The van der Waals surface area contributed by atoms with E-state index in [-0.39, 0.29) is 75.1 Å². The lowest BCUT2D eigenvalue weighted by atomic mass is 9.95. The summed E-state index contributed by atoms with van der Waals surface area (Å²) in [7, 11) is 0. The maximum atomic E-state index is 15.0. The SMILES string of the molecule is Nc1ccc(-c2ccc(N)cc2COC(=O)/C=C/c2ccc(C(F)(F)Oc3ccc(OCCCCC(F)(F)F)cc3)cc2)c(COC(=O)/C=C/c2ccc(C(F)(F)Oc3ccc(OCCCCC(F)(F)F)cc3)cc2)c1. The van der Waals surface area contributed by atoms with Gasteiger partial charge in [-0.1, -0.05) is 36.4 Å². The lowest BCUT2D eigenvalue weighted by Gasteiger charge is -2.18. The number of rotatable bonds is 25. The highest BCUT2D eigenvalue weighted by atomic mass is 19.4. The van der Waals surface area contributed by atoms with Gasteiger partial charge in [0.15, 0.2) is 0 Å². The van der Waals surface area contributed by atoms with E-state index in [0.717, 1.165) is 36.4 Å². The van der Waals surface area contributed by atoms with E-state index in [1.165, 1.54) is 84.9 Å². The molecule has 0 aliphatic carbocycles. The van der Waals surface area contributed by atoms with Crippen molar-refractivity contribution in [3.05, 3.63) is 179 Å². The van der Waals surface area contributed by atoms with Crippen LogP contribution in [0.15, 0.2) is 146 Å². The molecule has 20 heteroatoms. The van der Waals surface area contributed by atoms with Crippen molar-refractivity contribution in [2.45, 2.75) is 76.3 Å². The predicted molar refractivity (Wildman–Crippen MR) is 264 cm³/mol. The maximum Gasteiger partial charge on any atom is 0.426 e. The molecule has 0 unspecified atom stereocenters. The summed E-state index contributed by atoms with van der Waals surface area (Å²) in [4.78, 5) is 25.7. The highest BCUT2D eigenvalue weighted by molar-refractivity contribution is 5.88. The molecule has 0 saturated carbocycles. The molecule has 0 fully saturated rings. The Morgan fingerprint density at radius 2 is 0.776 bits per heavy atom. The topological polar surface area (TPSA) is 142 Å². The summed E-state index contributed by atoms with van der Waals surface area (Å²) >= 11 is 0. The van der Waals surface area contributed by atoms with Crippen molar-refractivity contribution in [3.8, 4) is 34.1 Å². The van der Waals surface area contributed by atoms with Crippen LogP contribution in [0.4, 0.5) is 55.3 Å². The Labute approximate surface area is 430 Å². The van der Waals surface area contributed by atoms with Crippen LogP contribution in [0.2, 0.25) is 0 Å². The first kappa shape index (κ1) is 57.1. The molecule has 0 radical (unpaired) electrons. The molecular weight excluding hydrogens is 1020 g/mol. The molecule has 0 bridgehead atoms. The number of carbonyl (C=O) groups is 2. The van der Waals surface area contributed by atoms with Crippen LogP contribution in [0, 0.1) is 0 Å². The van der Waals surface area contributed by atoms with Gasteiger partial charge in [-0.05, 0) is 168 Å². The third-order valence-corrected chi connectivity index (χ3v) is 11.0. The Kier molecular flexibility index (Phi) is 19.4. The Hall–Kier alpha value is -8.16. The number of alkyl halides is 10. The van der Waals surface area contributed by atoms with Crippen LogP contribution in [-0.4, -0.2) is 37.5 Å². The molecule has 402 valence electrons. The van der Waals surface area contributed by atoms with Crippen LogP contribution < -0.4 is 30.4 Å². The van der Waals surface area contributed by atoms with Gasteiger partial charge in [-0.25, -0.2) is 9.59 Å². The molecule has 0 heterocycles. The van der Waals surface area contributed by atoms with E-state index in [9.17, 15) is 35.9 Å². The molecule has 6 rings (SSSR count). The summed E-state index contributed by atoms with van der Waals surface area (Å²) in [5.74, 6) is -1.36. The smallest absolute Gasteiger partial charge is 0.426 e. The third kappa shape index (κ3) is 18.6. The van der Waals surface area contributed by atoms with Gasteiger partial charge >= 0.3 is 36.5 Å². The van der Waals surface area contributed by atoms with Crippen molar-refractivity contribution in [3.63, 3.8) is 0 Å². The first-order valence-electron chi connectivity index (χ1n) is 23.4. The Bertz CT molecular complexity index is 2710. The van der Waals surface area contributed by atoms with Gasteiger partial charge < -0.3 is 39.9 Å². The minimum absolute atomic E-state index is 0.0233. The Balaban J connectivity index is 0.982. The number of ether oxygens (including phenoxy) is 6. The zero-order valence-electron chi connectivity index (χ0n) is 40.3. The zero-order chi connectivity index (χ0) is 54.9. The fourth-order valence-corrected chi connectivity index (χ4v) is 7.15. The minimum Gasteiger partial charge on any atom is -0.494 e. The second-order valence-corrected chi connectivity index (χ2v) is 17.0. The number of benzene rings is 6. The summed E-state index contributed by atoms with van der Waals surface area (Å²) in [6, 6.07) is 30.1. The lowest BCUT2D eigenvalue weighted by molar-refractivity contribution is -0.186. The van der Waals surface area contributed by atoms with Gasteiger partial charge in [-0.15, -0.1) is 0 Å². The van der Waals surface area contributed by atoms with Crippen molar-refractivity contribution in [2.75, 3.05) is 24.7 Å². The number of esters is 2. The predicted octanol–water partition coefficient (Wildman–Crippen LogP) is 14.5. The van der Waals surface area contributed by atoms with Crippen molar-refractivity contribution in [1.82, 2.24) is 0 Å². The standard InChI is InChI=1S/C56H50F10N2O8/c57-53(58,59)29-1-3-31-71-45-17-21-47(22-18-45)75-55(63,64)41-11-5-37(6-12-41)9-27-51(69)73-35-39-33-43(67)15-25-49(39)50-26-16-44(68)34-40(50)36-74-52(70)28-10-38-7-13-42(14-8-38)56(65,66)76-48-23-19-46(20-24-48)72-32-4-2-30-54(60,61)62/h5-28,33-34H,1-4,29-32,35-36,67-68H2/b27-9+,28-10+. The average Bonchev–Trinajstić information content (AvgIpc) is 3.37. The summed E-state index contributed by atoms with van der Waals surface area (Å²) in [6.45, 7) is -0.465. The van der Waals surface area contributed by atoms with Crippen LogP contribution in [-0.2, 0) is 44.5 Å². The maximum absolute atomic E-state index is 15.0. The summed E-state index contributed by atoms with van der Waals surface area (Å²) in [5.41, 5.74) is 14.8. The molecule has 6 aromatic rings. The number of unbranched alkanes of at least 4 members (excludes halogenated alkanes) is 2. The molecule has 0 amide bonds. The number of nitrogen functional groups attached to an aromatic ring is 2. The van der Waals surface area contributed by atoms with Crippen LogP contribution in [0.25, 0.3) is 23.3 Å². The van der Waals surface area contributed by atoms with Crippen LogP contribution >= 0.6 is 0 Å². The van der Waals surface area contributed by atoms with Crippen molar-refractivity contribution in [1.29, 1.82) is 0 Å². The van der Waals surface area contributed by atoms with E-state index in [4.69, 9.17) is 39.9 Å². The van der Waals surface area contributed by atoms with Crippen molar-refractivity contribution < 1.29 is 81.9 Å². The number of anilines is 2. The molecule has 0 saturated heterocycles. The highest BCUT2D eigenvalue weighted by Crippen LogP contribution is 2.36. The second kappa shape index (κ2) is 25.9. The highest BCUT2D eigenvalue weighted by Gasteiger charge is 2.36. The quantitative estimate of drug-likeness (QED) is 0.0187. The normalized spacial score (nSPS) is 12.2. The van der Waals surface area contributed by atoms with Crippen molar-refractivity contribution in [2.24, 2.45) is 0 Å². The number of hydrogen-bond acceptors (Lipinski definition) is 10. The van der Waals surface area contributed by atoms with E-state index in [1.807, 2.05) is 0 Å². The Morgan fingerprint density at radius 3 is 1.12 bits per heavy atom. The number of carbonyl (C=O) groups excluding carboxylic acids is 2. The molecule has 6 aromatic carbocycles. The average molecular weight is 1070 g/mol. The fraction of sp³-hybridized carbons (Fsp3) is 0.250. The van der Waals surface area contributed by atoms with E-state index in [2.05, 4.69) is 0 Å². The van der Waals surface area contributed by atoms with Gasteiger partial charge in [0.1, 0.15) is 36.2 Å². The van der Waals surface area contributed by atoms with E-state index in [0.29, 0.717) is 44.8 Å². The van der Waals surface area contributed by atoms with Gasteiger partial charge in [-0.2, -0.15) is 43.9 Å². The lowest BCUT2D eigenvalue weighted by Crippen LogP contribution is -2.21. The molecule has 0 aromatic heterocycles. The second-order valence-electron chi connectivity index (χ2n) is 17.0. The van der Waals surface area contributed by atoms with Gasteiger partial charge in [0, 0.05) is 36.4 Å². The molecule has 0 aliphatic heterocycles. The number of halogens is 10. The largest absolute Gasteiger partial charge is 0.494 e. The van der Waals surface area contributed by atoms with Crippen LogP contribution in [0.3, 0.4) is 0 Å². The third-order valence-electron chi connectivity index (χ3n) is 11.0. The van der Waals surface area contributed by atoms with Gasteiger partial charge in [-0.3, -0.25) is 0 Å². The summed E-state index contributed by atoms with van der Waals surface area (Å²) in [6.07, 6.45) is -12.8. The van der Waals surface area contributed by atoms with Crippen LogP contribution in [0.5, 0.6) is 23.0 Å². The zero-order valence-corrected chi connectivity index (χ0v) is 40.3. The molecule has 76 heavy (non-hydrogen) atoms. The first-order valence-corrected chi connectivity index (χ1v) is 23.4. The van der Waals surface area contributed by atoms with Gasteiger partial charge in [0.05, 0.1) is 24.3 Å². The fourth-order valence-electron chi connectivity index (χ4n) is 7.15. The molecule has 4 N–H and O–H groups in total. The van der Waals surface area contributed by atoms with E-state index >= 15 is 17.6 Å². The minimum atomic E-state index is -4.25. The molecular formula is C56H50F10N2O8. The number of nitrogens with two attached hydrogens (primary N) is 2. The Morgan fingerprint density at radius 1 is 0.434 bits per heavy atom. The van der Waals surface area contributed by atoms with Gasteiger partial charge in [0.25, 0.3) is 0 Å².